The largest absolute Gasteiger partial charge is 0.346 e. The van der Waals surface area contributed by atoms with Gasteiger partial charge in [0.2, 0.25) is 5.91 Å². The first-order valence-electron chi connectivity index (χ1n) is 3.26. The Morgan fingerprint density at radius 3 is 3.00 bits per heavy atom. The quantitative estimate of drug-likeness (QED) is 0.506. The van der Waals surface area contributed by atoms with Crippen molar-refractivity contribution in [1.82, 2.24) is 15.4 Å². The number of H-pyrrole nitrogens is 1. The van der Waals surface area contributed by atoms with Crippen LogP contribution in [0.25, 0.3) is 0 Å². The lowest BCUT2D eigenvalue weighted by Gasteiger charge is -2.03. The van der Waals surface area contributed by atoms with E-state index >= 15 is 0 Å². The van der Waals surface area contributed by atoms with Crippen LogP contribution in [0.1, 0.15) is 6.92 Å². The van der Waals surface area contributed by atoms with E-state index in [2.05, 4.69) is 20.8 Å². The normalized spacial score (nSPS) is 9.08. The lowest BCUT2D eigenvalue weighted by atomic mass is 10.6. The lowest BCUT2D eigenvalue weighted by molar-refractivity contribution is -0.118. The highest BCUT2D eigenvalue weighted by Crippen LogP contribution is 1.91. The van der Waals surface area contributed by atoms with Gasteiger partial charge in [0, 0.05) is 13.1 Å². The van der Waals surface area contributed by atoms with Crippen LogP contribution in [-0.4, -0.2) is 15.9 Å². The predicted molar refractivity (Wildman–Crippen MR) is 42.3 cm³/mol. The Bertz CT molecular complexity index is 332. The van der Waals surface area contributed by atoms with Crippen molar-refractivity contribution < 1.29 is 4.79 Å². The monoisotopic (exact) mass is 168 g/mol. The maximum atomic E-state index is 10.6. The topological polar surface area (TPSA) is 86.9 Å². The summed E-state index contributed by atoms with van der Waals surface area (Å²) in [6.45, 7) is 1.35. The van der Waals surface area contributed by atoms with Gasteiger partial charge in [0.05, 0.1) is 0 Å². The number of carbonyl (C=O) groups excluding carboxylic acids is 1. The molecule has 0 aliphatic carbocycles. The minimum absolute atomic E-state index is 0.243. The van der Waals surface area contributed by atoms with Crippen LogP contribution >= 0.6 is 0 Å². The van der Waals surface area contributed by atoms with E-state index in [0.717, 1.165) is 0 Å². The van der Waals surface area contributed by atoms with E-state index in [-0.39, 0.29) is 5.91 Å². The van der Waals surface area contributed by atoms with Crippen molar-refractivity contribution in [3.63, 3.8) is 0 Å². The van der Waals surface area contributed by atoms with Gasteiger partial charge in [-0.1, -0.05) is 0 Å². The zero-order valence-electron chi connectivity index (χ0n) is 6.42. The summed E-state index contributed by atoms with van der Waals surface area (Å²) in [5.41, 5.74) is 4.32. The minimum atomic E-state index is -0.467. The standard InChI is InChI=1S/C6H8N4O2/c1-4(11)9-10-5-2-3-7-6(12)8-5/h2-3H,1H3,(H,9,11)(H2,7,8,10,12). The first kappa shape index (κ1) is 8.25. The molecule has 12 heavy (non-hydrogen) atoms. The van der Waals surface area contributed by atoms with Crippen LogP contribution in [-0.2, 0) is 4.79 Å². The summed E-state index contributed by atoms with van der Waals surface area (Å²) in [6.07, 6.45) is 1.34. The first-order chi connectivity index (χ1) is 5.68. The predicted octanol–water partition coefficient (Wildman–Crippen LogP) is -0.767. The summed E-state index contributed by atoms with van der Waals surface area (Å²) in [5, 5.41) is 0. The van der Waals surface area contributed by atoms with E-state index in [1.54, 1.807) is 0 Å². The van der Waals surface area contributed by atoms with E-state index < -0.39 is 5.69 Å². The fraction of sp³-hybridized carbons (Fsp3) is 0.167. The Morgan fingerprint density at radius 2 is 2.42 bits per heavy atom. The Labute approximate surface area is 68.0 Å². The van der Waals surface area contributed by atoms with Crippen molar-refractivity contribution in [2.24, 2.45) is 0 Å². The van der Waals surface area contributed by atoms with Gasteiger partial charge in [0.15, 0.2) is 0 Å². The van der Waals surface area contributed by atoms with Crippen LogP contribution in [0.5, 0.6) is 0 Å². The molecule has 6 heteroatoms. The molecule has 1 rings (SSSR count). The number of hydrazine groups is 1. The second-order valence-electron chi connectivity index (χ2n) is 2.09. The third-order valence-corrected chi connectivity index (χ3v) is 1.05. The second kappa shape index (κ2) is 3.51. The molecule has 0 radical (unpaired) electrons. The molecule has 0 spiro atoms. The molecule has 1 amide bonds. The number of hydrogen-bond acceptors (Lipinski definition) is 4. The van der Waals surface area contributed by atoms with Crippen LogP contribution in [0.3, 0.4) is 0 Å². The molecule has 64 valence electrons. The molecule has 1 aromatic heterocycles. The third kappa shape index (κ3) is 2.41. The molecule has 0 fully saturated rings. The SMILES string of the molecule is CC(=O)NNc1ccnc(=O)[nH]1. The van der Waals surface area contributed by atoms with E-state index in [0.29, 0.717) is 5.82 Å². The zero-order chi connectivity index (χ0) is 8.97. The molecule has 6 nitrogen and oxygen atoms in total. The number of nitrogens with zero attached hydrogens (tertiary/aromatic N) is 1. The third-order valence-electron chi connectivity index (χ3n) is 1.05. The van der Waals surface area contributed by atoms with Crippen molar-refractivity contribution >= 4 is 11.7 Å². The van der Waals surface area contributed by atoms with Crippen LogP contribution in [0, 0.1) is 0 Å². The summed E-state index contributed by atoms with van der Waals surface area (Å²) in [6, 6.07) is 1.53. The highest BCUT2D eigenvalue weighted by molar-refractivity contribution is 5.74. The molecule has 1 aromatic rings. The van der Waals surface area contributed by atoms with Crippen molar-refractivity contribution in [2.75, 3.05) is 5.43 Å². The van der Waals surface area contributed by atoms with E-state index in [1.165, 1.54) is 19.2 Å². The summed E-state index contributed by atoms with van der Waals surface area (Å²) >= 11 is 0. The fourth-order valence-corrected chi connectivity index (χ4v) is 0.597. The van der Waals surface area contributed by atoms with Gasteiger partial charge in [-0.3, -0.25) is 20.6 Å². The van der Waals surface area contributed by atoms with Gasteiger partial charge in [-0.05, 0) is 6.07 Å². The van der Waals surface area contributed by atoms with Crippen molar-refractivity contribution in [3.8, 4) is 0 Å². The number of amides is 1. The summed E-state index contributed by atoms with van der Waals surface area (Å²) < 4.78 is 0. The highest BCUT2D eigenvalue weighted by atomic mass is 16.2. The molecule has 1 heterocycles. The zero-order valence-corrected chi connectivity index (χ0v) is 6.42. The maximum Gasteiger partial charge on any atom is 0.346 e. The molecular formula is C6H8N4O2. The van der Waals surface area contributed by atoms with Gasteiger partial charge in [-0.15, -0.1) is 0 Å². The van der Waals surface area contributed by atoms with Gasteiger partial charge < -0.3 is 0 Å². The van der Waals surface area contributed by atoms with E-state index in [4.69, 9.17) is 0 Å². The Hall–Kier alpha value is -1.85. The van der Waals surface area contributed by atoms with E-state index in [9.17, 15) is 9.59 Å². The minimum Gasteiger partial charge on any atom is -0.291 e. The molecule has 0 saturated carbocycles. The van der Waals surface area contributed by atoms with Gasteiger partial charge in [0.25, 0.3) is 0 Å². The summed E-state index contributed by atoms with van der Waals surface area (Å²) in [7, 11) is 0. The van der Waals surface area contributed by atoms with Crippen LogP contribution < -0.4 is 16.5 Å². The lowest BCUT2D eigenvalue weighted by Crippen LogP contribution is -2.28. The van der Waals surface area contributed by atoms with Crippen molar-refractivity contribution in [1.29, 1.82) is 0 Å². The number of nitrogens with one attached hydrogen (secondary N) is 3. The molecule has 0 aliphatic rings. The number of carbonyl (C=O) groups is 1. The number of rotatable bonds is 2. The van der Waals surface area contributed by atoms with Crippen molar-refractivity contribution in [3.05, 3.63) is 22.7 Å². The molecular weight excluding hydrogens is 160 g/mol. The van der Waals surface area contributed by atoms with Gasteiger partial charge >= 0.3 is 5.69 Å². The summed E-state index contributed by atoms with van der Waals surface area (Å²) in [5.74, 6) is 0.151. The average Bonchev–Trinajstić information content (AvgIpc) is 2.01. The molecule has 3 N–H and O–H groups in total. The Balaban J connectivity index is 2.64. The number of hydrogen-bond donors (Lipinski definition) is 3. The Kier molecular flexibility index (Phi) is 2.42. The van der Waals surface area contributed by atoms with Gasteiger partial charge in [-0.2, -0.15) is 0 Å². The molecule has 0 aliphatic heterocycles. The maximum absolute atomic E-state index is 10.6. The molecule has 0 atom stereocenters. The number of anilines is 1. The van der Waals surface area contributed by atoms with Gasteiger partial charge in [0.1, 0.15) is 5.82 Å². The van der Waals surface area contributed by atoms with E-state index in [1.807, 2.05) is 0 Å². The smallest absolute Gasteiger partial charge is 0.291 e. The highest BCUT2D eigenvalue weighted by Gasteiger charge is 1.92. The number of aromatic amines is 1. The molecule has 0 unspecified atom stereocenters. The summed E-state index contributed by atoms with van der Waals surface area (Å²) in [4.78, 5) is 26.8. The average molecular weight is 168 g/mol. The van der Waals surface area contributed by atoms with Crippen molar-refractivity contribution in [2.45, 2.75) is 6.92 Å². The second-order valence-corrected chi connectivity index (χ2v) is 2.09. The van der Waals surface area contributed by atoms with Gasteiger partial charge in [-0.25, -0.2) is 9.78 Å². The number of aromatic nitrogens is 2. The first-order valence-corrected chi connectivity index (χ1v) is 3.26. The molecule has 0 saturated heterocycles. The Morgan fingerprint density at radius 1 is 1.67 bits per heavy atom. The van der Waals surface area contributed by atoms with Crippen LogP contribution in [0.15, 0.2) is 17.1 Å². The fourth-order valence-electron chi connectivity index (χ4n) is 0.597. The molecule has 0 bridgehead atoms. The van der Waals surface area contributed by atoms with Crippen LogP contribution in [0.4, 0.5) is 5.82 Å². The van der Waals surface area contributed by atoms with Crippen LogP contribution in [0.2, 0.25) is 0 Å². The molecule has 0 aromatic carbocycles.